The number of aromatic nitrogens is 5. The summed E-state index contributed by atoms with van der Waals surface area (Å²) in [5, 5.41) is 13.9. The summed E-state index contributed by atoms with van der Waals surface area (Å²) in [4.78, 5) is 38.4. The molecule has 14 nitrogen and oxygen atoms in total. The number of aliphatic carboxylic acids is 1. The van der Waals surface area contributed by atoms with Gasteiger partial charge in [-0.2, -0.15) is 36.3 Å². The number of likely N-dealkylation sites (N-methyl/N-ethyl adjacent to an activating group) is 1. The standard InChI is InChI=1S/C33H41BrF3N10O2P.C2HF3O2/c1-5-21-18-26(31(49-20-33(35,36)37)44-30(21)47-12-8-22(9-13-47)46-16-14-45(2)15-17-46)42-32-40-19-23(34)29(43-32)41-25-7-6-24-27(39-11-10-38-24)28(25)50(3,4)48;3-2(4,5)1(6)7/h6-7,10-11,18-19,22H,5,8-9,12-17,20H2,1-4H3,(H2,40,41,42,43);(H,6,7). The normalized spacial score (nSPS) is 16.2. The minimum absolute atomic E-state index is 0.0930. The van der Waals surface area contributed by atoms with Crippen molar-refractivity contribution in [1.29, 1.82) is 0 Å². The maximum absolute atomic E-state index is 13.4. The summed E-state index contributed by atoms with van der Waals surface area (Å²) in [5.41, 5.74) is 2.73. The molecule has 0 aliphatic carbocycles. The molecule has 0 amide bonds. The van der Waals surface area contributed by atoms with Crippen LogP contribution in [0.2, 0.25) is 0 Å². The first-order chi connectivity index (χ1) is 26.7. The van der Waals surface area contributed by atoms with Gasteiger partial charge in [-0.05, 0) is 79.3 Å². The molecule has 0 spiro atoms. The zero-order chi connectivity index (χ0) is 41.7. The van der Waals surface area contributed by atoms with Crippen LogP contribution in [0.3, 0.4) is 0 Å². The fourth-order valence-corrected chi connectivity index (χ4v) is 8.16. The smallest absolute Gasteiger partial charge is 0.475 e. The quantitative estimate of drug-likeness (QED) is 0.114. The summed E-state index contributed by atoms with van der Waals surface area (Å²) in [7, 11) is -0.709. The van der Waals surface area contributed by atoms with E-state index in [1.165, 1.54) is 6.20 Å². The third kappa shape index (κ3) is 11.6. The average Bonchev–Trinajstić information content (AvgIpc) is 3.14. The zero-order valence-corrected chi connectivity index (χ0v) is 33.9. The molecule has 0 atom stereocenters. The molecular formula is C35H42BrF6N10O4P. The summed E-state index contributed by atoms with van der Waals surface area (Å²) in [6, 6.07) is 5.78. The topological polar surface area (TPSA) is 162 Å². The van der Waals surface area contributed by atoms with Crippen LogP contribution in [0, 0.1) is 0 Å². The van der Waals surface area contributed by atoms with Gasteiger partial charge in [-0.3, -0.25) is 14.9 Å². The summed E-state index contributed by atoms with van der Waals surface area (Å²) < 4.78 is 91.2. The number of hydrogen-bond donors (Lipinski definition) is 3. The van der Waals surface area contributed by atoms with Crippen LogP contribution in [-0.4, -0.2) is 130 Å². The van der Waals surface area contributed by atoms with Gasteiger partial charge >= 0.3 is 18.3 Å². The van der Waals surface area contributed by atoms with Gasteiger partial charge in [0, 0.05) is 63.9 Å². The Morgan fingerprint density at radius 1 is 0.965 bits per heavy atom. The number of carbonyl (C=O) groups is 1. The minimum Gasteiger partial charge on any atom is -0.475 e. The zero-order valence-electron chi connectivity index (χ0n) is 31.5. The van der Waals surface area contributed by atoms with Crippen molar-refractivity contribution in [3.8, 4) is 5.88 Å². The van der Waals surface area contributed by atoms with Gasteiger partial charge in [0.1, 0.15) is 30.0 Å². The van der Waals surface area contributed by atoms with Crippen LogP contribution in [0.4, 0.5) is 55.3 Å². The molecule has 2 saturated heterocycles. The number of rotatable bonds is 10. The summed E-state index contributed by atoms with van der Waals surface area (Å²) in [5.74, 6) is -1.89. The maximum atomic E-state index is 13.4. The predicted octanol–water partition coefficient (Wildman–Crippen LogP) is 6.67. The molecule has 1 aromatic carbocycles. The van der Waals surface area contributed by atoms with Gasteiger partial charge in [0.15, 0.2) is 6.61 Å². The third-order valence-electron chi connectivity index (χ3n) is 9.25. The number of pyridine rings is 1. The number of piperazine rings is 1. The molecule has 2 aliphatic rings. The fraction of sp³-hybridized carbons (Fsp3) is 0.486. The number of benzene rings is 1. The number of nitrogens with one attached hydrogen (secondary N) is 2. The van der Waals surface area contributed by atoms with Crippen LogP contribution >= 0.6 is 23.1 Å². The van der Waals surface area contributed by atoms with E-state index >= 15 is 0 Å². The summed E-state index contributed by atoms with van der Waals surface area (Å²) in [6.07, 6.45) is -2.51. The van der Waals surface area contributed by atoms with E-state index in [4.69, 9.17) is 14.6 Å². The highest BCUT2D eigenvalue weighted by molar-refractivity contribution is 9.10. The summed E-state index contributed by atoms with van der Waals surface area (Å²) in [6.45, 7) is 9.48. The molecule has 2 aliphatic heterocycles. The van der Waals surface area contributed by atoms with E-state index in [0.29, 0.717) is 50.6 Å². The lowest BCUT2D eigenvalue weighted by atomic mass is 10.0. The van der Waals surface area contributed by atoms with Crippen LogP contribution in [0.25, 0.3) is 11.0 Å². The Morgan fingerprint density at radius 3 is 2.21 bits per heavy atom. The first kappa shape index (κ1) is 43.8. The molecule has 3 N–H and O–H groups in total. The predicted molar refractivity (Wildman–Crippen MR) is 208 cm³/mol. The Balaban J connectivity index is 0.000000811. The highest BCUT2D eigenvalue weighted by Gasteiger charge is 2.38. The average molecular weight is 892 g/mol. The van der Waals surface area contributed by atoms with Crippen molar-refractivity contribution in [2.24, 2.45) is 0 Å². The second-order valence-electron chi connectivity index (χ2n) is 13.8. The fourth-order valence-electron chi connectivity index (χ4n) is 6.47. The van der Waals surface area contributed by atoms with Gasteiger partial charge in [0.25, 0.3) is 0 Å². The second kappa shape index (κ2) is 18.1. The van der Waals surface area contributed by atoms with E-state index in [-0.39, 0.29) is 17.5 Å². The van der Waals surface area contributed by atoms with Gasteiger partial charge in [-0.25, -0.2) is 9.78 Å². The monoisotopic (exact) mass is 890 g/mol. The number of carboxylic acid groups (broad SMARTS) is 1. The molecule has 3 aromatic heterocycles. The molecule has 22 heteroatoms. The molecule has 5 heterocycles. The Morgan fingerprint density at radius 2 is 1.61 bits per heavy atom. The van der Waals surface area contributed by atoms with Crippen molar-refractivity contribution in [3.63, 3.8) is 0 Å². The number of alkyl halides is 6. The first-order valence-corrected chi connectivity index (χ1v) is 21.2. The molecule has 0 saturated carbocycles. The number of anilines is 5. The molecule has 2 fully saturated rings. The van der Waals surface area contributed by atoms with Crippen molar-refractivity contribution in [2.45, 2.75) is 44.6 Å². The Kier molecular flexibility index (Phi) is 13.9. The van der Waals surface area contributed by atoms with E-state index < -0.39 is 32.1 Å². The van der Waals surface area contributed by atoms with Gasteiger partial charge in [0.2, 0.25) is 11.8 Å². The maximum Gasteiger partial charge on any atom is 0.490 e. The molecular weight excluding hydrogens is 849 g/mol. The third-order valence-corrected chi connectivity index (χ3v) is 11.4. The Labute approximate surface area is 332 Å². The van der Waals surface area contributed by atoms with Crippen molar-refractivity contribution >= 4 is 74.3 Å². The lowest BCUT2D eigenvalue weighted by Gasteiger charge is -2.42. The van der Waals surface area contributed by atoms with E-state index in [9.17, 15) is 30.9 Å². The Bertz CT molecular complexity index is 2090. The highest BCUT2D eigenvalue weighted by atomic mass is 79.9. The van der Waals surface area contributed by atoms with Crippen molar-refractivity contribution in [3.05, 3.63) is 46.8 Å². The van der Waals surface area contributed by atoms with Crippen LogP contribution in [-0.2, 0) is 15.8 Å². The molecule has 4 aromatic rings. The van der Waals surface area contributed by atoms with Gasteiger partial charge in [-0.15, -0.1) is 0 Å². The largest absolute Gasteiger partial charge is 0.490 e. The number of fused-ring (bicyclic) bond motifs is 1. The lowest BCUT2D eigenvalue weighted by molar-refractivity contribution is -0.192. The highest BCUT2D eigenvalue weighted by Crippen LogP contribution is 2.41. The first-order valence-electron chi connectivity index (χ1n) is 17.8. The number of halogens is 7. The number of ether oxygens (including phenoxy) is 1. The lowest BCUT2D eigenvalue weighted by Crippen LogP contribution is -2.52. The molecule has 0 radical (unpaired) electrons. The van der Waals surface area contributed by atoms with Crippen molar-refractivity contribution in [2.75, 3.05) is 81.8 Å². The van der Waals surface area contributed by atoms with E-state index in [1.807, 2.05) is 6.92 Å². The van der Waals surface area contributed by atoms with Gasteiger partial charge in [0.05, 0.1) is 21.0 Å². The van der Waals surface area contributed by atoms with Crippen LogP contribution in [0.1, 0.15) is 25.3 Å². The molecule has 57 heavy (non-hydrogen) atoms. The number of piperidine rings is 1. The van der Waals surface area contributed by atoms with Crippen LogP contribution in [0.15, 0.2) is 41.3 Å². The SMILES string of the molecule is CCc1cc(Nc2ncc(Br)c(Nc3ccc4nccnc4c3P(C)(C)=O)n2)c(OCC(F)(F)F)nc1N1CCC(N2CCN(C)CC2)CC1.O=C(O)C(F)(F)F. The van der Waals surface area contributed by atoms with Crippen LogP contribution < -0.4 is 25.6 Å². The minimum atomic E-state index is -5.08. The Hall–Kier alpha value is -4.33. The number of nitrogens with zero attached hydrogens (tertiary/aromatic N) is 8. The molecule has 6 rings (SSSR count). The number of carboxylic acids is 1. The van der Waals surface area contributed by atoms with E-state index in [2.05, 4.69) is 73.2 Å². The van der Waals surface area contributed by atoms with Gasteiger partial charge < -0.3 is 34.8 Å². The summed E-state index contributed by atoms with van der Waals surface area (Å²) >= 11 is 3.48. The van der Waals surface area contributed by atoms with E-state index in [1.54, 1.807) is 43.9 Å². The van der Waals surface area contributed by atoms with Gasteiger partial charge in [-0.1, -0.05) is 6.92 Å². The second-order valence-corrected chi connectivity index (χ2v) is 17.8. The van der Waals surface area contributed by atoms with Crippen molar-refractivity contribution in [1.82, 2.24) is 34.7 Å². The number of hydrogen-bond acceptors (Lipinski definition) is 13. The van der Waals surface area contributed by atoms with Crippen molar-refractivity contribution < 1.29 is 45.5 Å². The molecule has 0 bridgehead atoms. The van der Waals surface area contributed by atoms with E-state index in [0.717, 1.165) is 57.7 Å². The number of aryl methyl sites for hydroxylation is 1. The molecule has 0 unspecified atom stereocenters. The van der Waals surface area contributed by atoms with Crippen LogP contribution in [0.5, 0.6) is 5.88 Å². The molecule has 310 valence electrons.